The maximum atomic E-state index is 12.2. The summed E-state index contributed by atoms with van der Waals surface area (Å²) in [6.45, 7) is 8.91. The van der Waals surface area contributed by atoms with E-state index in [9.17, 15) is 4.79 Å². The van der Waals surface area contributed by atoms with E-state index < -0.39 is 0 Å². The smallest absolute Gasteiger partial charge is 0.162 e. The Kier molecular flexibility index (Phi) is 8.96. The summed E-state index contributed by atoms with van der Waals surface area (Å²) in [6.07, 6.45) is 7.62. The lowest BCUT2D eigenvalue weighted by Crippen LogP contribution is -2.48. The van der Waals surface area contributed by atoms with Crippen molar-refractivity contribution in [1.82, 2.24) is 4.90 Å². The number of hydrogen-bond donors (Lipinski definition) is 0. The highest BCUT2D eigenvalue weighted by atomic mass is 16.1. The lowest BCUT2D eigenvalue weighted by atomic mass is 9.75. The van der Waals surface area contributed by atoms with Crippen molar-refractivity contribution in [3.05, 3.63) is 101 Å². The molecule has 0 aromatic heterocycles. The number of piperidine rings is 2. The van der Waals surface area contributed by atoms with Gasteiger partial charge in [0.15, 0.2) is 5.78 Å². The summed E-state index contributed by atoms with van der Waals surface area (Å²) in [4.78, 5) is 17.5. The minimum Gasteiger partial charge on any atom is -0.371 e. The van der Waals surface area contributed by atoms with E-state index in [2.05, 4.69) is 90.4 Å². The molecule has 1 atom stereocenters. The van der Waals surface area contributed by atoms with Gasteiger partial charge in [0.05, 0.1) is 0 Å². The molecule has 0 N–H and O–H groups in total. The van der Waals surface area contributed by atoms with Crippen LogP contribution in [0.15, 0.2) is 78.9 Å². The van der Waals surface area contributed by atoms with Gasteiger partial charge < -0.3 is 9.80 Å². The second-order valence-corrected chi connectivity index (χ2v) is 11.3. The monoisotopic (exact) mass is 508 g/mol. The van der Waals surface area contributed by atoms with Crippen LogP contribution < -0.4 is 4.90 Å². The molecule has 3 aromatic rings. The lowest BCUT2D eigenvalue weighted by molar-refractivity contribution is 0.0981. The molecule has 2 aliphatic rings. The number of Topliss-reactive ketones (excluding diaryl/α,β-unsaturated/α-hetero) is 1. The first-order chi connectivity index (χ1) is 18.7. The van der Waals surface area contributed by atoms with E-state index >= 15 is 0 Å². The first kappa shape index (κ1) is 26.7. The standard InChI is InChI=1S/C35H44N2O/c1-3-8-34(38)28-15-17-32(18-16-28)37-25-21-33(22-26-37)36-23-19-31(20-24-36)35(29-9-6-5-7-10-29)30-13-11-27(4-2)12-14-30/h5-7,9-18,31,33,35H,3-4,8,19-26H2,1-2H3. The van der Waals surface area contributed by atoms with Crippen LogP contribution in [0.2, 0.25) is 0 Å². The summed E-state index contributed by atoms with van der Waals surface area (Å²) in [5, 5.41) is 0. The Hall–Kier alpha value is -2.91. The van der Waals surface area contributed by atoms with E-state index in [-0.39, 0.29) is 5.78 Å². The number of likely N-dealkylation sites (tertiary alicyclic amines) is 1. The summed E-state index contributed by atoms with van der Waals surface area (Å²) in [6, 6.07) is 29.6. The van der Waals surface area contributed by atoms with Gasteiger partial charge in [-0.3, -0.25) is 4.79 Å². The SMILES string of the molecule is CCCC(=O)c1ccc(N2CCC(N3CCC(C(c4ccccc4)c4ccc(CC)cc4)CC3)CC2)cc1. The fourth-order valence-corrected chi connectivity index (χ4v) is 6.69. The van der Waals surface area contributed by atoms with E-state index in [1.54, 1.807) is 0 Å². The number of anilines is 1. The van der Waals surface area contributed by atoms with Crippen LogP contribution >= 0.6 is 0 Å². The van der Waals surface area contributed by atoms with Gasteiger partial charge in [0.1, 0.15) is 0 Å². The number of carbonyl (C=O) groups excluding carboxylic acids is 1. The molecule has 0 spiro atoms. The number of ketones is 1. The molecule has 0 aliphatic carbocycles. The normalized spacial score (nSPS) is 18.4. The Bertz CT molecular complexity index is 1140. The molecule has 0 radical (unpaired) electrons. The summed E-state index contributed by atoms with van der Waals surface area (Å²) in [5.74, 6) is 1.43. The van der Waals surface area contributed by atoms with Gasteiger partial charge in [-0.2, -0.15) is 0 Å². The third-order valence-corrected chi connectivity index (χ3v) is 8.96. The molecule has 0 bridgehead atoms. The van der Waals surface area contributed by atoms with Crippen LogP contribution in [-0.2, 0) is 6.42 Å². The Morgan fingerprint density at radius 2 is 1.39 bits per heavy atom. The summed E-state index contributed by atoms with van der Waals surface area (Å²) in [5.41, 5.74) is 6.47. The minimum atomic E-state index is 0.258. The van der Waals surface area contributed by atoms with Crippen molar-refractivity contribution >= 4 is 11.5 Å². The van der Waals surface area contributed by atoms with Gasteiger partial charge in [-0.1, -0.05) is 68.4 Å². The van der Waals surface area contributed by atoms with Gasteiger partial charge in [-0.25, -0.2) is 0 Å². The van der Waals surface area contributed by atoms with Gasteiger partial charge >= 0.3 is 0 Å². The molecule has 2 saturated heterocycles. The molecular formula is C35H44N2O. The highest BCUT2D eigenvalue weighted by Crippen LogP contribution is 2.39. The van der Waals surface area contributed by atoms with Gasteiger partial charge in [-0.15, -0.1) is 0 Å². The van der Waals surface area contributed by atoms with Crippen LogP contribution in [0.25, 0.3) is 0 Å². The zero-order valence-electron chi connectivity index (χ0n) is 23.3. The van der Waals surface area contributed by atoms with Gasteiger partial charge in [-0.05, 0) is 98.5 Å². The van der Waals surface area contributed by atoms with Crippen molar-refractivity contribution in [2.45, 2.75) is 70.8 Å². The first-order valence-corrected chi connectivity index (χ1v) is 14.9. The third kappa shape index (κ3) is 6.21. The zero-order valence-corrected chi connectivity index (χ0v) is 23.3. The van der Waals surface area contributed by atoms with Gasteiger partial charge in [0.2, 0.25) is 0 Å². The van der Waals surface area contributed by atoms with Gasteiger partial charge in [0.25, 0.3) is 0 Å². The highest BCUT2D eigenvalue weighted by Gasteiger charge is 2.32. The molecule has 38 heavy (non-hydrogen) atoms. The van der Waals surface area contributed by atoms with E-state index in [0.717, 1.165) is 31.5 Å². The lowest BCUT2D eigenvalue weighted by Gasteiger charge is -2.43. The summed E-state index contributed by atoms with van der Waals surface area (Å²) >= 11 is 0. The van der Waals surface area contributed by atoms with Crippen molar-refractivity contribution in [1.29, 1.82) is 0 Å². The average molecular weight is 509 g/mol. The van der Waals surface area contributed by atoms with Gasteiger partial charge in [0, 0.05) is 42.7 Å². The second kappa shape index (κ2) is 12.8. The maximum Gasteiger partial charge on any atom is 0.162 e. The van der Waals surface area contributed by atoms with Crippen molar-refractivity contribution in [2.75, 3.05) is 31.1 Å². The van der Waals surface area contributed by atoms with Crippen LogP contribution in [0.1, 0.15) is 85.3 Å². The number of carbonyl (C=O) groups is 1. The molecule has 3 heteroatoms. The van der Waals surface area contributed by atoms with E-state index in [0.29, 0.717) is 24.3 Å². The molecule has 2 fully saturated rings. The maximum absolute atomic E-state index is 12.2. The summed E-state index contributed by atoms with van der Waals surface area (Å²) in [7, 11) is 0. The van der Waals surface area contributed by atoms with Crippen molar-refractivity contribution < 1.29 is 4.79 Å². The van der Waals surface area contributed by atoms with E-state index in [1.165, 1.54) is 61.2 Å². The molecule has 2 heterocycles. The molecule has 5 rings (SSSR count). The van der Waals surface area contributed by atoms with Crippen molar-refractivity contribution in [3.8, 4) is 0 Å². The van der Waals surface area contributed by atoms with Crippen LogP contribution in [0.3, 0.4) is 0 Å². The highest BCUT2D eigenvalue weighted by molar-refractivity contribution is 5.96. The summed E-state index contributed by atoms with van der Waals surface area (Å²) < 4.78 is 0. The fourth-order valence-electron chi connectivity index (χ4n) is 6.69. The van der Waals surface area contributed by atoms with E-state index in [1.807, 2.05) is 12.1 Å². The molecule has 2 aliphatic heterocycles. The molecule has 0 saturated carbocycles. The fraction of sp³-hybridized carbons (Fsp3) is 0.457. The molecule has 3 nitrogen and oxygen atoms in total. The number of hydrogen-bond acceptors (Lipinski definition) is 3. The molecule has 3 aromatic carbocycles. The number of rotatable bonds is 9. The molecule has 200 valence electrons. The Morgan fingerprint density at radius 3 is 2.00 bits per heavy atom. The van der Waals surface area contributed by atoms with E-state index in [4.69, 9.17) is 0 Å². The number of aryl methyl sites for hydroxylation is 1. The van der Waals surface area contributed by atoms with Crippen molar-refractivity contribution in [2.24, 2.45) is 5.92 Å². The van der Waals surface area contributed by atoms with Crippen LogP contribution in [0, 0.1) is 5.92 Å². The Balaban J connectivity index is 1.17. The Morgan fingerprint density at radius 1 is 0.763 bits per heavy atom. The predicted octanol–water partition coefficient (Wildman–Crippen LogP) is 7.74. The van der Waals surface area contributed by atoms with Crippen molar-refractivity contribution in [3.63, 3.8) is 0 Å². The zero-order chi connectivity index (χ0) is 26.3. The molecular weight excluding hydrogens is 464 g/mol. The first-order valence-electron chi connectivity index (χ1n) is 14.9. The topological polar surface area (TPSA) is 23.6 Å². The second-order valence-electron chi connectivity index (χ2n) is 11.3. The number of benzene rings is 3. The molecule has 1 unspecified atom stereocenters. The quantitative estimate of drug-likeness (QED) is 0.276. The third-order valence-electron chi connectivity index (χ3n) is 8.96. The Labute approximate surface area is 229 Å². The average Bonchev–Trinajstić information content (AvgIpc) is 2.99. The van der Waals surface area contributed by atoms with Crippen LogP contribution in [0.4, 0.5) is 5.69 Å². The number of nitrogens with zero attached hydrogens (tertiary/aromatic N) is 2. The van der Waals surface area contributed by atoms with Crippen LogP contribution in [-0.4, -0.2) is 42.9 Å². The minimum absolute atomic E-state index is 0.258. The predicted molar refractivity (Wildman–Crippen MR) is 159 cm³/mol. The van der Waals surface area contributed by atoms with Crippen LogP contribution in [0.5, 0.6) is 0 Å². The molecule has 0 amide bonds. The largest absolute Gasteiger partial charge is 0.371 e.